The predicted molar refractivity (Wildman–Crippen MR) is 72.0 cm³/mol. The Balaban J connectivity index is 2.33. The molecule has 3 atom stereocenters. The number of nitrogens with two attached hydrogens (primary N) is 1. The minimum atomic E-state index is -0.573. The Morgan fingerprint density at radius 2 is 1.94 bits per heavy atom. The first-order chi connectivity index (χ1) is 8.50. The van der Waals surface area contributed by atoms with Crippen LogP contribution < -0.4 is 11.1 Å². The SMILES string of the molecule is CC(N)C(C)C(=O)NCC(O)Cc1ccccc1. The van der Waals surface area contributed by atoms with Crippen LogP contribution in [0.15, 0.2) is 30.3 Å². The van der Waals surface area contributed by atoms with Crippen LogP contribution >= 0.6 is 0 Å². The van der Waals surface area contributed by atoms with Crippen LogP contribution in [-0.4, -0.2) is 29.7 Å². The molecule has 0 fully saturated rings. The summed E-state index contributed by atoms with van der Waals surface area (Å²) in [6.07, 6.45) is -0.0372. The highest BCUT2D eigenvalue weighted by atomic mass is 16.3. The van der Waals surface area contributed by atoms with Crippen molar-refractivity contribution < 1.29 is 9.90 Å². The lowest BCUT2D eigenvalue weighted by Gasteiger charge is -2.17. The number of hydrogen-bond donors (Lipinski definition) is 3. The molecule has 0 radical (unpaired) electrons. The molecule has 0 spiro atoms. The number of amides is 1. The third kappa shape index (κ3) is 4.85. The summed E-state index contributed by atoms with van der Waals surface area (Å²) in [5, 5.41) is 12.5. The number of hydrogen-bond acceptors (Lipinski definition) is 3. The van der Waals surface area contributed by atoms with Crippen LogP contribution in [0.4, 0.5) is 0 Å². The van der Waals surface area contributed by atoms with Gasteiger partial charge in [0.1, 0.15) is 0 Å². The number of aliphatic hydroxyl groups is 1. The van der Waals surface area contributed by atoms with Gasteiger partial charge in [0.15, 0.2) is 0 Å². The summed E-state index contributed by atoms with van der Waals surface area (Å²) in [6.45, 7) is 3.83. The molecule has 0 heterocycles. The molecule has 3 unspecified atom stereocenters. The molecule has 0 aliphatic rings. The van der Waals surface area contributed by atoms with E-state index in [2.05, 4.69) is 5.32 Å². The van der Waals surface area contributed by atoms with Gasteiger partial charge in [0.25, 0.3) is 0 Å². The van der Waals surface area contributed by atoms with Gasteiger partial charge in [-0.05, 0) is 12.5 Å². The van der Waals surface area contributed by atoms with E-state index in [-0.39, 0.29) is 24.4 Å². The minimum Gasteiger partial charge on any atom is -0.391 e. The maximum Gasteiger partial charge on any atom is 0.224 e. The summed E-state index contributed by atoms with van der Waals surface area (Å²) >= 11 is 0. The molecule has 0 saturated heterocycles. The van der Waals surface area contributed by atoms with Crippen molar-refractivity contribution in [2.24, 2.45) is 11.7 Å². The van der Waals surface area contributed by atoms with Crippen LogP contribution in [0.5, 0.6) is 0 Å². The number of rotatable bonds is 6. The lowest BCUT2D eigenvalue weighted by atomic mass is 10.0. The molecule has 0 bridgehead atoms. The largest absolute Gasteiger partial charge is 0.391 e. The number of benzene rings is 1. The molecule has 0 aromatic heterocycles. The summed E-state index contributed by atoms with van der Waals surface area (Å²) in [5.41, 5.74) is 6.70. The fourth-order valence-corrected chi connectivity index (χ4v) is 1.58. The standard InChI is InChI=1S/C14H22N2O2/c1-10(11(2)15)14(18)16-9-13(17)8-12-6-4-3-5-7-12/h3-7,10-11,13,17H,8-9,15H2,1-2H3,(H,16,18). The third-order valence-electron chi connectivity index (χ3n) is 3.03. The van der Waals surface area contributed by atoms with Gasteiger partial charge in [-0.15, -0.1) is 0 Å². The van der Waals surface area contributed by atoms with Crippen molar-refractivity contribution in [3.8, 4) is 0 Å². The highest BCUT2D eigenvalue weighted by molar-refractivity contribution is 5.78. The molecule has 1 aromatic rings. The lowest BCUT2D eigenvalue weighted by molar-refractivity contribution is -0.125. The smallest absolute Gasteiger partial charge is 0.224 e. The van der Waals surface area contributed by atoms with E-state index in [1.807, 2.05) is 30.3 Å². The van der Waals surface area contributed by atoms with Crippen LogP contribution in [0.1, 0.15) is 19.4 Å². The summed E-state index contributed by atoms with van der Waals surface area (Å²) in [6, 6.07) is 9.52. The molecule has 1 aromatic carbocycles. The second kappa shape index (κ2) is 7.13. The fourth-order valence-electron chi connectivity index (χ4n) is 1.58. The van der Waals surface area contributed by atoms with E-state index in [0.717, 1.165) is 5.56 Å². The van der Waals surface area contributed by atoms with Gasteiger partial charge in [0, 0.05) is 24.9 Å². The molecule has 18 heavy (non-hydrogen) atoms. The third-order valence-corrected chi connectivity index (χ3v) is 3.03. The summed E-state index contributed by atoms with van der Waals surface area (Å²) in [7, 11) is 0. The van der Waals surface area contributed by atoms with Gasteiger partial charge >= 0.3 is 0 Å². The molecule has 4 N–H and O–H groups in total. The Hall–Kier alpha value is -1.39. The van der Waals surface area contributed by atoms with Gasteiger partial charge in [0.2, 0.25) is 5.91 Å². The van der Waals surface area contributed by atoms with Crippen LogP contribution in [0, 0.1) is 5.92 Å². The van der Waals surface area contributed by atoms with Crippen LogP contribution in [0.3, 0.4) is 0 Å². The molecule has 4 heteroatoms. The highest BCUT2D eigenvalue weighted by Crippen LogP contribution is 2.03. The molecular weight excluding hydrogens is 228 g/mol. The van der Waals surface area contributed by atoms with E-state index in [9.17, 15) is 9.90 Å². The van der Waals surface area contributed by atoms with Crippen molar-refractivity contribution in [1.29, 1.82) is 0 Å². The predicted octanol–water partition coefficient (Wildman–Crippen LogP) is 0.690. The Labute approximate surface area is 108 Å². The Kier molecular flexibility index (Phi) is 5.82. The van der Waals surface area contributed by atoms with Crippen molar-refractivity contribution in [1.82, 2.24) is 5.32 Å². The first kappa shape index (κ1) is 14.7. The van der Waals surface area contributed by atoms with Gasteiger partial charge < -0.3 is 16.2 Å². The van der Waals surface area contributed by atoms with E-state index in [1.165, 1.54) is 0 Å². The first-order valence-electron chi connectivity index (χ1n) is 6.26. The number of aliphatic hydroxyl groups excluding tert-OH is 1. The first-order valence-corrected chi connectivity index (χ1v) is 6.26. The molecule has 1 rings (SSSR count). The molecule has 0 aliphatic carbocycles. The van der Waals surface area contributed by atoms with Crippen LogP contribution in [0.2, 0.25) is 0 Å². The van der Waals surface area contributed by atoms with Crippen molar-refractivity contribution >= 4 is 5.91 Å². The van der Waals surface area contributed by atoms with E-state index in [4.69, 9.17) is 5.73 Å². The van der Waals surface area contributed by atoms with Gasteiger partial charge in [0.05, 0.1) is 6.10 Å². The van der Waals surface area contributed by atoms with Crippen molar-refractivity contribution in [3.63, 3.8) is 0 Å². The monoisotopic (exact) mass is 250 g/mol. The van der Waals surface area contributed by atoms with E-state index >= 15 is 0 Å². The molecule has 1 amide bonds. The number of carbonyl (C=O) groups excluding carboxylic acids is 1. The van der Waals surface area contributed by atoms with E-state index in [1.54, 1.807) is 13.8 Å². The second-order valence-corrected chi connectivity index (χ2v) is 4.74. The van der Waals surface area contributed by atoms with Gasteiger partial charge in [-0.2, -0.15) is 0 Å². The van der Waals surface area contributed by atoms with E-state index < -0.39 is 6.10 Å². The van der Waals surface area contributed by atoms with Crippen molar-refractivity contribution in [2.45, 2.75) is 32.4 Å². The number of nitrogens with one attached hydrogen (secondary N) is 1. The zero-order chi connectivity index (χ0) is 13.5. The summed E-state index contributed by atoms with van der Waals surface area (Å²) in [4.78, 5) is 11.6. The average molecular weight is 250 g/mol. The Bertz CT molecular complexity index is 365. The quantitative estimate of drug-likeness (QED) is 0.695. The van der Waals surface area contributed by atoms with Gasteiger partial charge in [-0.25, -0.2) is 0 Å². The van der Waals surface area contributed by atoms with Gasteiger partial charge in [-0.3, -0.25) is 4.79 Å². The average Bonchev–Trinajstić information content (AvgIpc) is 2.36. The molecular formula is C14H22N2O2. The Morgan fingerprint density at radius 3 is 2.50 bits per heavy atom. The van der Waals surface area contributed by atoms with Crippen molar-refractivity contribution in [3.05, 3.63) is 35.9 Å². The van der Waals surface area contributed by atoms with Gasteiger partial charge in [-0.1, -0.05) is 37.3 Å². The highest BCUT2D eigenvalue weighted by Gasteiger charge is 2.17. The molecule has 0 aliphatic heterocycles. The number of carbonyl (C=O) groups is 1. The fraction of sp³-hybridized carbons (Fsp3) is 0.500. The summed E-state index contributed by atoms with van der Waals surface area (Å²) in [5.74, 6) is -0.356. The molecule has 4 nitrogen and oxygen atoms in total. The lowest BCUT2D eigenvalue weighted by Crippen LogP contribution is -2.41. The normalized spacial score (nSPS) is 15.8. The van der Waals surface area contributed by atoms with Crippen LogP contribution in [-0.2, 0) is 11.2 Å². The molecule has 100 valence electrons. The van der Waals surface area contributed by atoms with Crippen LogP contribution in [0.25, 0.3) is 0 Å². The zero-order valence-electron chi connectivity index (χ0n) is 11.0. The van der Waals surface area contributed by atoms with Crippen molar-refractivity contribution in [2.75, 3.05) is 6.54 Å². The Morgan fingerprint density at radius 1 is 1.33 bits per heavy atom. The topological polar surface area (TPSA) is 75.4 Å². The minimum absolute atomic E-state index is 0.114. The summed E-state index contributed by atoms with van der Waals surface area (Å²) < 4.78 is 0. The maximum atomic E-state index is 11.6. The second-order valence-electron chi connectivity index (χ2n) is 4.74. The van der Waals surface area contributed by atoms with E-state index in [0.29, 0.717) is 6.42 Å². The maximum absolute atomic E-state index is 11.6. The zero-order valence-corrected chi connectivity index (χ0v) is 11.0. The molecule has 0 saturated carbocycles.